The van der Waals surface area contributed by atoms with Gasteiger partial charge in [-0.25, -0.2) is 9.37 Å². The summed E-state index contributed by atoms with van der Waals surface area (Å²) in [6.45, 7) is 5.13. The second-order valence-corrected chi connectivity index (χ2v) is 9.29. The molecule has 0 unspecified atom stereocenters. The molecule has 1 fully saturated rings. The Labute approximate surface area is 231 Å². The minimum atomic E-state index is -0.566. The fourth-order valence-electron chi connectivity index (χ4n) is 4.06. The summed E-state index contributed by atoms with van der Waals surface area (Å²) in [5, 5.41) is 13.3. The Bertz CT molecular complexity index is 1360. The monoisotopic (exact) mass is 550 g/mol. The van der Waals surface area contributed by atoms with E-state index >= 15 is 0 Å². The molecule has 1 aromatic carbocycles. The third-order valence-electron chi connectivity index (χ3n) is 6.21. The molecule has 1 aliphatic rings. The number of piperidine rings is 1. The number of rotatable bonds is 10. The molecule has 4 rings (SSSR count). The van der Waals surface area contributed by atoms with Gasteiger partial charge in [0, 0.05) is 25.2 Å². The number of pyridine rings is 1. The van der Waals surface area contributed by atoms with Gasteiger partial charge in [0.15, 0.2) is 0 Å². The van der Waals surface area contributed by atoms with Gasteiger partial charge in [-0.1, -0.05) is 5.10 Å². The number of carbonyl (C=O) groups excluding carboxylic acids is 2. The van der Waals surface area contributed by atoms with Crippen molar-refractivity contribution in [2.45, 2.75) is 33.1 Å². The second kappa shape index (κ2) is 13.4. The maximum absolute atomic E-state index is 13.0. The summed E-state index contributed by atoms with van der Waals surface area (Å²) in [6.07, 6.45) is 7.23. The summed E-state index contributed by atoms with van der Waals surface area (Å²) in [4.78, 5) is 30.7. The molecule has 0 spiro atoms. The quantitative estimate of drug-likeness (QED) is 0.203. The molecule has 3 aromatic rings. The predicted octanol–water partition coefficient (Wildman–Crippen LogP) is 4.93. The van der Waals surface area contributed by atoms with E-state index in [0.717, 1.165) is 31.7 Å². The van der Waals surface area contributed by atoms with Crippen molar-refractivity contribution in [2.24, 2.45) is 5.92 Å². The first-order chi connectivity index (χ1) is 19.3. The van der Waals surface area contributed by atoms with Gasteiger partial charge in [0.2, 0.25) is 0 Å². The van der Waals surface area contributed by atoms with Gasteiger partial charge in [-0.15, -0.1) is 5.10 Å². The summed E-state index contributed by atoms with van der Waals surface area (Å²) in [5.74, 6) is 0.931. The fourth-order valence-corrected chi connectivity index (χ4v) is 4.06. The first-order valence-electron chi connectivity index (χ1n) is 12.8. The number of halogens is 1. The third-order valence-corrected chi connectivity index (χ3v) is 6.21. The summed E-state index contributed by atoms with van der Waals surface area (Å²) in [5.41, 5.74) is 1.15. The van der Waals surface area contributed by atoms with Crippen LogP contribution >= 0.6 is 0 Å². The number of aromatic nitrogens is 3. The lowest BCUT2D eigenvalue weighted by Crippen LogP contribution is -2.35. The number of hydrogen-bond donors (Lipinski definition) is 2. The minimum absolute atomic E-state index is 0.0495. The lowest BCUT2D eigenvalue weighted by molar-refractivity contribution is -0.141. The highest BCUT2D eigenvalue weighted by atomic mass is 19.1. The number of allylic oxidation sites excluding steroid dienone is 4. The Balaban J connectivity index is 1.25. The van der Waals surface area contributed by atoms with Crippen molar-refractivity contribution >= 4 is 29.4 Å². The highest BCUT2D eigenvalue weighted by Gasteiger charge is 2.23. The van der Waals surface area contributed by atoms with Crippen LogP contribution in [0.3, 0.4) is 0 Å². The van der Waals surface area contributed by atoms with Crippen LogP contribution < -0.4 is 20.3 Å². The van der Waals surface area contributed by atoms with Gasteiger partial charge in [-0.05, 0) is 81.2 Å². The Morgan fingerprint density at radius 2 is 1.82 bits per heavy atom. The molecular weight excluding hydrogens is 519 g/mol. The summed E-state index contributed by atoms with van der Waals surface area (Å²) >= 11 is 0. The molecule has 2 aromatic heterocycles. The number of carbonyl (C=O) groups is 2. The van der Waals surface area contributed by atoms with Gasteiger partial charge < -0.3 is 29.4 Å². The van der Waals surface area contributed by atoms with E-state index in [9.17, 15) is 14.0 Å². The molecule has 40 heavy (non-hydrogen) atoms. The standard InChI is InChI=1S/C28H31FN6O5/c1-18(4-5-19(2)39-23-9-6-21(29)7-10-23)31-28-34-33-27(40-28)26(37)32-22-8-11-24(30-17-22)35-14-12-20(13-15-35)16-25(36)38-3/h4-11,17,20H,12-16H2,1-3H3,(H,31,34)(H,32,37)/b18-4+,19-5+. The summed E-state index contributed by atoms with van der Waals surface area (Å²) in [6, 6.07) is 9.36. The van der Waals surface area contributed by atoms with Crippen LogP contribution in [0.2, 0.25) is 0 Å². The van der Waals surface area contributed by atoms with Crippen molar-refractivity contribution in [3.63, 3.8) is 0 Å². The average molecular weight is 551 g/mol. The number of amides is 1. The SMILES string of the molecule is COC(=O)CC1CCN(c2ccc(NC(=O)c3nnc(N/C(C)=C/C=C(\C)Oc4ccc(F)cc4)o3)cn2)CC1. The maximum Gasteiger partial charge on any atom is 0.320 e. The van der Waals surface area contributed by atoms with Crippen LogP contribution in [0, 0.1) is 11.7 Å². The summed E-state index contributed by atoms with van der Waals surface area (Å²) in [7, 11) is 1.41. The lowest BCUT2D eigenvalue weighted by atomic mass is 9.93. The molecule has 0 radical (unpaired) electrons. The van der Waals surface area contributed by atoms with Crippen molar-refractivity contribution in [1.82, 2.24) is 15.2 Å². The maximum atomic E-state index is 13.0. The van der Waals surface area contributed by atoms with Crippen LogP contribution in [0.4, 0.5) is 21.9 Å². The van der Waals surface area contributed by atoms with E-state index in [1.807, 2.05) is 6.07 Å². The van der Waals surface area contributed by atoms with Gasteiger partial charge in [0.1, 0.15) is 23.1 Å². The van der Waals surface area contributed by atoms with E-state index in [1.54, 1.807) is 38.3 Å². The molecule has 0 bridgehead atoms. The normalized spacial score (nSPS) is 14.6. The van der Waals surface area contributed by atoms with Crippen LogP contribution in [-0.4, -0.2) is 47.3 Å². The Morgan fingerprint density at radius 1 is 1.07 bits per heavy atom. The number of hydrogen-bond acceptors (Lipinski definition) is 10. The molecule has 0 aliphatic carbocycles. The topological polar surface area (TPSA) is 132 Å². The van der Waals surface area contributed by atoms with E-state index in [2.05, 4.69) is 30.7 Å². The Morgan fingerprint density at radius 3 is 2.50 bits per heavy atom. The van der Waals surface area contributed by atoms with Crippen molar-refractivity contribution in [2.75, 3.05) is 35.7 Å². The zero-order chi connectivity index (χ0) is 28.5. The Hall–Kier alpha value is -4.74. The van der Waals surface area contributed by atoms with Crippen molar-refractivity contribution < 1.29 is 27.9 Å². The van der Waals surface area contributed by atoms with Gasteiger partial charge in [-0.3, -0.25) is 9.59 Å². The number of benzene rings is 1. The molecular formula is C28H31FN6O5. The van der Waals surface area contributed by atoms with E-state index in [4.69, 9.17) is 13.9 Å². The zero-order valence-corrected chi connectivity index (χ0v) is 22.5. The molecule has 1 aliphatic heterocycles. The smallest absolute Gasteiger partial charge is 0.320 e. The van der Waals surface area contributed by atoms with Crippen LogP contribution in [0.5, 0.6) is 5.75 Å². The molecule has 210 valence electrons. The van der Waals surface area contributed by atoms with Crippen molar-refractivity contribution in [3.05, 3.63) is 77.9 Å². The summed E-state index contributed by atoms with van der Waals surface area (Å²) < 4.78 is 28.8. The third kappa shape index (κ3) is 8.13. The number of nitrogens with one attached hydrogen (secondary N) is 2. The van der Waals surface area contributed by atoms with Gasteiger partial charge in [0.05, 0.1) is 19.0 Å². The molecule has 11 nitrogen and oxygen atoms in total. The molecule has 3 heterocycles. The molecule has 1 saturated heterocycles. The Kier molecular flexibility index (Phi) is 9.44. The number of anilines is 3. The number of nitrogens with zero attached hydrogens (tertiary/aromatic N) is 4. The van der Waals surface area contributed by atoms with Gasteiger partial charge in [0.25, 0.3) is 0 Å². The first kappa shape index (κ1) is 28.3. The van der Waals surface area contributed by atoms with Crippen LogP contribution in [-0.2, 0) is 9.53 Å². The average Bonchev–Trinajstić information content (AvgIpc) is 3.42. The molecule has 0 saturated carbocycles. The zero-order valence-electron chi connectivity index (χ0n) is 22.5. The van der Waals surface area contributed by atoms with E-state index in [-0.39, 0.29) is 23.7 Å². The fraction of sp³-hybridized carbons (Fsp3) is 0.321. The largest absolute Gasteiger partial charge is 0.469 e. The van der Waals surface area contributed by atoms with Gasteiger partial charge in [-0.2, -0.15) is 0 Å². The van der Waals surface area contributed by atoms with E-state index < -0.39 is 5.91 Å². The van der Waals surface area contributed by atoms with Gasteiger partial charge >= 0.3 is 23.8 Å². The first-order valence-corrected chi connectivity index (χ1v) is 12.8. The van der Waals surface area contributed by atoms with Crippen molar-refractivity contribution in [1.29, 1.82) is 0 Å². The van der Waals surface area contributed by atoms with E-state index in [0.29, 0.717) is 35.2 Å². The second-order valence-electron chi connectivity index (χ2n) is 9.29. The number of ether oxygens (including phenoxy) is 2. The van der Waals surface area contributed by atoms with Crippen molar-refractivity contribution in [3.8, 4) is 5.75 Å². The van der Waals surface area contributed by atoms with E-state index in [1.165, 1.54) is 31.4 Å². The van der Waals surface area contributed by atoms with Crippen LogP contribution in [0.1, 0.15) is 43.8 Å². The molecule has 12 heteroatoms. The van der Waals surface area contributed by atoms with Crippen LogP contribution in [0.25, 0.3) is 0 Å². The molecule has 2 N–H and O–H groups in total. The highest BCUT2D eigenvalue weighted by Crippen LogP contribution is 2.25. The predicted molar refractivity (Wildman–Crippen MR) is 146 cm³/mol. The van der Waals surface area contributed by atoms with Crippen LogP contribution in [0.15, 0.2) is 70.6 Å². The number of methoxy groups -OCH3 is 1. The lowest BCUT2D eigenvalue weighted by Gasteiger charge is -2.32. The number of esters is 1. The highest BCUT2D eigenvalue weighted by molar-refractivity contribution is 6.00. The minimum Gasteiger partial charge on any atom is -0.469 e. The molecule has 1 amide bonds. The molecule has 0 atom stereocenters.